The minimum Gasteiger partial charge on any atom is -0.246 e. The summed E-state index contributed by atoms with van der Waals surface area (Å²) in [5, 5.41) is 2.03. The predicted molar refractivity (Wildman–Crippen MR) is 69.0 cm³/mol. The van der Waals surface area contributed by atoms with E-state index in [2.05, 4.69) is 23.5 Å². The molecule has 4 heteroatoms. The SMILES string of the molecule is Cc1ccccc1C1=NC(c2cccs2)ON1. The van der Waals surface area contributed by atoms with Crippen molar-refractivity contribution in [2.45, 2.75) is 13.2 Å². The average molecular weight is 244 g/mol. The van der Waals surface area contributed by atoms with Crippen molar-refractivity contribution < 1.29 is 4.84 Å². The van der Waals surface area contributed by atoms with E-state index in [1.54, 1.807) is 11.3 Å². The highest BCUT2D eigenvalue weighted by Gasteiger charge is 2.22. The van der Waals surface area contributed by atoms with Gasteiger partial charge in [-0.1, -0.05) is 30.3 Å². The Hall–Kier alpha value is -1.65. The Kier molecular flexibility index (Phi) is 2.66. The van der Waals surface area contributed by atoms with Crippen molar-refractivity contribution in [1.82, 2.24) is 5.48 Å². The maximum Gasteiger partial charge on any atom is 0.211 e. The van der Waals surface area contributed by atoms with Crippen LogP contribution in [-0.2, 0) is 4.84 Å². The Morgan fingerprint density at radius 1 is 1.24 bits per heavy atom. The maximum atomic E-state index is 5.48. The van der Waals surface area contributed by atoms with Gasteiger partial charge in [0.1, 0.15) is 0 Å². The fraction of sp³-hybridized carbons (Fsp3) is 0.154. The number of amidine groups is 1. The molecule has 3 rings (SSSR count). The van der Waals surface area contributed by atoms with Gasteiger partial charge < -0.3 is 0 Å². The zero-order valence-electron chi connectivity index (χ0n) is 9.38. The molecule has 1 N–H and O–H groups in total. The summed E-state index contributed by atoms with van der Waals surface area (Å²) in [5.41, 5.74) is 5.19. The number of aliphatic imine (C=N–C) groups is 1. The lowest BCUT2D eigenvalue weighted by atomic mass is 10.1. The van der Waals surface area contributed by atoms with Crippen LogP contribution in [0.2, 0.25) is 0 Å². The molecule has 17 heavy (non-hydrogen) atoms. The van der Waals surface area contributed by atoms with Gasteiger partial charge in [-0.15, -0.1) is 11.3 Å². The molecular formula is C13H12N2OS. The van der Waals surface area contributed by atoms with Gasteiger partial charge in [-0.2, -0.15) is 0 Å². The van der Waals surface area contributed by atoms with Crippen molar-refractivity contribution in [2.24, 2.45) is 4.99 Å². The predicted octanol–water partition coefficient (Wildman–Crippen LogP) is 3.04. The van der Waals surface area contributed by atoms with Gasteiger partial charge >= 0.3 is 0 Å². The van der Waals surface area contributed by atoms with E-state index in [-0.39, 0.29) is 6.23 Å². The number of thiophene rings is 1. The van der Waals surface area contributed by atoms with E-state index < -0.39 is 0 Å². The van der Waals surface area contributed by atoms with E-state index in [1.165, 1.54) is 5.56 Å². The second kappa shape index (κ2) is 4.31. The molecule has 0 saturated heterocycles. The summed E-state index contributed by atoms with van der Waals surface area (Å²) in [6.45, 7) is 2.07. The third-order valence-corrected chi connectivity index (χ3v) is 3.60. The van der Waals surface area contributed by atoms with Gasteiger partial charge in [-0.05, 0) is 23.9 Å². The van der Waals surface area contributed by atoms with Gasteiger partial charge in [0.05, 0.1) is 4.88 Å². The number of aryl methyl sites for hydroxylation is 1. The zero-order chi connectivity index (χ0) is 11.7. The number of nitrogens with one attached hydrogen (secondary N) is 1. The van der Waals surface area contributed by atoms with Gasteiger partial charge in [0.2, 0.25) is 6.23 Å². The Balaban J connectivity index is 1.92. The fourth-order valence-corrected chi connectivity index (χ4v) is 2.49. The van der Waals surface area contributed by atoms with Gasteiger partial charge in [-0.25, -0.2) is 15.3 Å². The molecule has 0 radical (unpaired) electrons. The van der Waals surface area contributed by atoms with Crippen LogP contribution in [0.3, 0.4) is 0 Å². The molecule has 0 aliphatic carbocycles. The summed E-state index contributed by atoms with van der Waals surface area (Å²) in [7, 11) is 0. The molecule has 0 bridgehead atoms. The molecule has 1 aromatic heterocycles. The highest BCUT2D eigenvalue weighted by molar-refractivity contribution is 7.10. The van der Waals surface area contributed by atoms with Crippen molar-refractivity contribution in [2.75, 3.05) is 0 Å². The summed E-state index contributed by atoms with van der Waals surface area (Å²) in [6.07, 6.45) is -0.218. The second-order valence-electron chi connectivity index (χ2n) is 3.88. The van der Waals surface area contributed by atoms with Crippen LogP contribution in [0.1, 0.15) is 22.2 Å². The number of hydroxylamine groups is 1. The van der Waals surface area contributed by atoms with Crippen molar-refractivity contribution in [1.29, 1.82) is 0 Å². The van der Waals surface area contributed by atoms with E-state index in [0.29, 0.717) is 0 Å². The zero-order valence-corrected chi connectivity index (χ0v) is 10.2. The van der Waals surface area contributed by atoms with E-state index in [4.69, 9.17) is 4.84 Å². The number of rotatable bonds is 2. The number of hydrogen-bond acceptors (Lipinski definition) is 4. The lowest BCUT2D eigenvalue weighted by molar-refractivity contribution is 0.0399. The number of hydrogen-bond donors (Lipinski definition) is 1. The average Bonchev–Trinajstić information content (AvgIpc) is 3.00. The van der Waals surface area contributed by atoms with Crippen LogP contribution in [0.25, 0.3) is 0 Å². The van der Waals surface area contributed by atoms with Crippen molar-refractivity contribution in [3.05, 3.63) is 57.8 Å². The molecule has 86 valence electrons. The largest absolute Gasteiger partial charge is 0.246 e. The van der Waals surface area contributed by atoms with Crippen LogP contribution in [0, 0.1) is 6.92 Å². The van der Waals surface area contributed by atoms with Crippen molar-refractivity contribution in [3.8, 4) is 0 Å². The molecule has 3 nitrogen and oxygen atoms in total. The van der Waals surface area contributed by atoms with Crippen LogP contribution < -0.4 is 5.48 Å². The first-order valence-corrected chi connectivity index (χ1v) is 6.31. The van der Waals surface area contributed by atoms with Crippen LogP contribution in [0.15, 0.2) is 46.8 Å². The number of benzene rings is 1. The minimum atomic E-state index is -0.218. The smallest absolute Gasteiger partial charge is 0.211 e. The summed E-state index contributed by atoms with van der Waals surface area (Å²) >= 11 is 1.65. The molecule has 1 unspecified atom stereocenters. The van der Waals surface area contributed by atoms with Crippen molar-refractivity contribution >= 4 is 17.2 Å². The molecule has 0 fully saturated rings. The lowest BCUT2D eigenvalue weighted by Gasteiger charge is -2.03. The molecule has 1 aromatic carbocycles. The normalized spacial score (nSPS) is 18.9. The Bertz CT molecular complexity index is 548. The molecule has 1 atom stereocenters. The molecule has 0 amide bonds. The monoisotopic (exact) mass is 244 g/mol. The topological polar surface area (TPSA) is 33.6 Å². The molecule has 2 aromatic rings. The Labute approximate surface area is 104 Å². The maximum absolute atomic E-state index is 5.48. The second-order valence-corrected chi connectivity index (χ2v) is 4.86. The van der Waals surface area contributed by atoms with Gasteiger partial charge in [-0.3, -0.25) is 0 Å². The van der Waals surface area contributed by atoms with E-state index in [1.807, 2.05) is 35.7 Å². The van der Waals surface area contributed by atoms with E-state index in [0.717, 1.165) is 16.3 Å². The summed E-state index contributed by atoms with van der Waals surface area (Å²) in [4.78, 5) is 11.1. The third kappa shape index (κ3) is 1.97. The minimum absolute atomic E-state index is 0.218. The van der Waals surface area contributed by atoms with E-state index >= 15 is 0 Å². The van der Waals surface area contributed by atoms with Crippen LogP contribution in [-0.4, -0.2) is 5.84 Å². The first kappa shape index (κ1) is 10.5. The molecule has 2 heterocycles. The van der Waals surface area contributed by atoms with Crippen LogP contribution >= 0.6 is 11.3 Å². The Morgan fingerprint density at radius 2 is 2.12 bits per heavy atom. The Morgan fingerprint density at radius 3 is 2.88 bits per heavy atom. The van der Waals surface area contributed by atoms with Gasteiger partial charge in [0.15, 0.2) is 5.84 Å². The summed E-state index contributed by atoms with van der Waals surface area (Å²) in [6, 6.07) is 12.2. The standard InChI is InChI=1S/C13H12N2OS/c1-9-5-2-3-6-10(9)12-14-13(16-15-12)11-7-4-8-17-11/h2-8,13H,1H3,(H,14,15). The summed E-state index contributed by atoms with van der Waals surface area (Å²) in [5.74, 6) is 0.807. The molecule has 1 aliphatic rings. The molecule has 0 saturated carbocycles. The van der Waals surface area contributed by atoms with Crippen LogP contribution in [0.5, 0.6) is 0 Å². The van der Waals surface area contributed by atoms with Gasteiger partial charge in [0.25, 0.3) is 0 Å². The lowest BCUT2D eigenvalue weighted by Crippen LogP contribution is -2.18. The highest BCUT2D eigenvalue weighted by Crippen LogP contribution is 2.27. The molecular weight excluding hydrogens is 232 g/mol. The third-order valence-electron chi connectivity index (χ3n) is 2.70. The van der Waals surface area contributed by atoms with Crippen molar-refractivity contribution in [3.63, 3.8) is 0 Å². The fourth-order valence-electron chi connectivity index (χ4n) is 1.80. The summed E-state index contributed by atoms with van der Waals surface area (Å²) < 4.78 is 0. The first-order valence-electron chi connectivity index (χ1n) is 5.43. The van der Waals surface area contributed by atoms with Crippen LogP contribution in [0.4, 0.5) is 0 Å². The first-order chi connectivity index (χ1) is 8.34. The van der Waals surface area contributed by atoms with E-state index in [9.17, 15) is 0 Å². The number of nitrogens with zero attached hydrogens (tertiary/aromatic N) is 1. The highest BCUT2D eigenvalue weighted by atomic mass is 32.1. The quantitative estimate of drug-likeness (QED) is 0.881. The van der Waals surface area contributed by atoms with Gasteiger partial charge in [0, 0.05) is 5.56 Å². The molecule has 0 spiro atoms. The molecule has 1 aliphatic heterocycles.